The van der Waals surface area contributed by atoms with E-state index in [-0.39, 0.29) is 12.5 Å². The predicted octanol–water partition coefficient (Wildman–Crippen LogP) is 0.279. The third-order valence-electron chi connectivity index (χ3n) is 3.41. The molecule has 0 aromatic heterocycles. The van der Waals surface area contributed by atoms with Gasteiger partial charge in [0.1, 0.15) is 24.4 Å². The molecule has 120 valence electrons. The van der Waals surface area contributed by atoms with Gasteiger partial charge in [0.05, 0.1) is 12.9 Å². The number of aliphatic hydroxyl groups excluding tert-OH is 1. The minimum Gasteiger partial charge on any atom is -0.471 e. The molecular formula is C14H23NO6. The lowest BCUT2D eigenvalue weighted by Gasteiger charge is -2.49. The van der Waals surface area contributed by atoms with Crippen LogP contribution in [0.4, 0.5) is 0 Å². The molecule has 1 amide bonds. The summed E-state index contributed by atoms with van der Waals surface area (Å²) in [6, 6.07) is -0.714. The Hall–Kier alpha value is -1.15. The van der Waals surface area contributed by atoms with Gasteiger partial charge < -0.3 is 29.4 Å². The van der Waals surface area contributed by atoms with Crippen molar-refractivity contribution in [1.82, 2.24) is 5.32 Å². The van der Waals surface area contributed by atoms with Gasteiger partial charge in [-0.2, -0.15) is 0 Å². The zero-order valence-corrected chi connectivity index (χ0v) is 12.7. The summed E-state index contributed by atoms with van der Waals surface area (Å²) in [4.78, 5) is 11.3. The molecule has 2 aliphatic rings. The molecule has 0 aromatic rings. The fourth-order valence-electron chi connectivity index (χ4n) is 2.50. The van der Waals surface area contributed by atoms with Crippen LogP contribution >= 0.6 is 0 Å². The third-order valence-corrected chi connectivity index (χ3v) is 3.41. The summed E-state index contributed by atoms with van der Waals surface area (Å²) >= 11 is 0. The van der Waals surface area contributed by atoms with Crippen LogP contribution in [0.1, 0.15) is 27.7 Å². The van der Waals surface area contributed by atoms with Crippen LogP contribution in [0, 0.1) is 0 Å². The summed E-state index contributed by atoms with van der Waals surface area (Å²) in [5.41, 5.74) is 0. The molecule has 2 fully saturated rings. The quantitative estimate of drug-likeness (QED) is 0.728. The van der Waals surface area contributed by atoms with Crippen molar-refractivity contribution >= 4 is 5.91 Å². The van der Waals surface area contributed by atoms with Crippen molar-refractivity contribution in [1.29, 1.82) is 0 Å². The monoisotopic (exact) mass is 301 g/mol. The lowest BCUT2D eigenvalue weighted by Crippen LogP contribution is -2.68. The van der Waals surface area contributed by atoms with E-state index in [1.165, 1.54) is 13.2 Å². The number of fused-ring (bicyclic) bond motifs is 1. The van der Waals surface area contributed by atoms with E-state index in [9.17, 15) is 9.90 Å². The number of aliphatic hydroxyl groups is 1. The summed E-state index contributed by atoms with van der Waals surface area (Å²) in [6.45, 7) is 7.00. The second-order valence-corrected chi connectivity index (χ2v) is 5.66. The zero-order chi connectivity index (χ0) is 15.6. The SMILES string of the molecule is C/C=C\O[C@H]1O[C@@H]2COC(C)(C)O[C@H]2[C@H](O)[C@H]1NC(C)=O. The first-order chi connectivity index (χ1) is 9.84. The maximum atomic E-state index is 11.3. The van der Waals surface area contributed by atoms with E-state index in [4.69, 9.17) is 18.9 Å². The normalized spacial score (nSPS) is 38.8. The Kier molecular flexibility index (Phi) is 4.88. The number of hydrogen-bond acceptors (Lipinski definition) is 6. The van der Waals surface area contributed by atoms with Crippen molar-refractivity contribution < 1.29 is 28.8 Å². The van der Waals surface area contributed by atoms with Gasteiger partial charge in [-0.05, 0) is 20.8 Å². The van der Waals surface area contributed by atoms with Gasteiger partial charge in [-0.25, -0.2) is 0 Å². The van der Waals surface area contributed by atoms with Crippen LogP contribution in [0.25, 0.3) is 0 Å². The van der Waals surface area contributed by atoms with Gasteiger partial charge in [0.15, 0.2) is 5.79 Å². The van der Waals surface area contributed by atoms with Gasteiger partial charge in [0, 0.05) is 6.92 Å². The maximum Gasteiger partial charge on any atom is 0.222 e. The fraction of sp³-hybridized carbons (Fsp3) is 0.786. The number of rotatable bonds is 3. The van der Waals surface area contributed by atoms with Crippen molar-refractivity contribution in [3.05, 3.63) is 12.3 Å². The molecule has 21 heavy (non-hydrogen) atoms. The largest absolute Gasteiger partial charge is 0.471 e. The average molecular weight is 301 g/mol. The smallest absolute Gasteiger partial charge is 0.222 e. The summed E-state index contributed by atoms with van der Waals surface area (Å²) in [6.07, 6.45) is 0.371. The highest BCUT2D eigenvalue weighted by Crippen LogP contribution is 2.32. The highest BCUT2D eigenvalue weighted by Gasteiger charge is 2.51. The van der Waals surface area contributed by atoms with Gasteiger partial charge >= 0.3 is 0 Å². The van der Waals surface area contributed by atoms with E-state index in [0.29, 0.717) is 0 Å². The Labute approximate surface area is 124 Å². The summed E-state index contributed by atoms with van der Waals surface area (Å²) in [7, 11) is 0. The van der Waals surface area contributed by atoms with E-state index in [1.54, 1.807) is 26.8 Å². The molecule has 2 N–H and O–H groups in total. The molecule has 2 rings (SSSR count). The molecule has 0 unspecified atom stereocenters. The second kappa shape index (κ2) is 6.31. The number of ether oxygens (including phenoxy) is 4. The van der Waals surface area contributed by atoms with Crippen molar-refractivity contribution in [3.8, 4) is 0 Å². The minimum absolute atomic E-state index is 0.276. The van der Waals surface area contributed by atoms with E-state index < -0.39 is 36.4 Å². The summed E-state index contributed by atoms with van der Waals surface area (Å²) in [5, 5.41) is 13.2. The highest BCUT2D eigenvalue weighted by atomic mass is 16.8. The molecule has 2 aliphatic heterocycles. The van der Waals surface area contributed by atoms with Crippen LogP contribution in [-0.2, 0) is 23.7 Å². The number of allylic oxidation sites excluding steroid dienone is 1. The van der Waals surface area contributed by atoms with Gasteiger partial charge in [-0.3, -0.25) is 4.79 Å². The molecule has 7 nitrogen and oxygen atoms in total. The lowest BCUT2D eigenvalue weighted by molar-refractivity contribution is -0.364. The molecule has 0 spiro atoms. The Balaban J connectivity index is 2.16. The number of carbonyl (C=O) groups is 1. The first-order valence-corrected chi connectivity index (χ1v) is 7.03. The molecule has 0 saturated carbocycles. The molecule has 0 bridgehead atoms. The number of carbonyl (C=O) groups excluding carboxylic acids is 1. The highest BCUT2D eigenvalue weighted by molar-refractivity contribution is 5.73. The Morgan fingerprint density at radius 2 is 2.19 bits per heavy atom. The summed E-state index contributed by atoms with van der Waals surface area (Å²) in [5.74, 6) is -1.08. The van der Waals surface area contributed by atoms with Gasteiger partial charge in [-0.1, -0.05) is 6.08 Å². The number of hydrogen-bond donors (Lipinski definition) is 2. The standard InChI is InChI=1S/C14H23NO6/c1-5-6-18-13-10(15-8(2)16)11(17)12-9(20-13)7-19-14(3,4)21-12/h5-6,9-13,17H,7H2,1-4H3,(H,15,16)/b6-5-/t9-,10-,11-,12-,13+/m1/s1. The van der Waals surface area contributed by atoms with E-state index in [2.05, 4.69) is 5.32 Å². The molecule has 7 heteroatoms. The maximum absolute atomic E-state index is 11.3. The Bertz CT molecular complexity index is 410. The van der Waals surface area contributed by atoms with Crippen LogP contribution in [0.5, 0.6) is 0 Å². The van der Waals surface area contributed by atoms with Gasteiger partial charge in [0.25, 0.3) is 0 Å². The average Bonchev–Trinajstić information content (AvgIpc) is 2.40. The van der Waals surface area contributed by atoms with Crippen LogP contribution in [0.2, 0.25) is 0 Å². The Morgan fingerprint density at radius 1 is 1.48 bits per heavy atom. The van der Waals surface area contributed by atoms with Gasteiger partial charge in [0.2, 0.25) is 12.2 Å². The molecule has 0 radical (unpaired) electrons. The molecular weight excluding hydrogens is 278 g/mol. The predicted molar refractivity (Wildman–Crippen MR) is 73.1 cm³/mol. The van der Waals surface area contributed by atoms with Crippen molar-refractivity contribution in [3.63, 3.8) is 0 Å². The second-order valence-electron chi connectivity index (χ2n) is 5.66. The summed E-state index contributed by atoms with van der Waals surface area (Å²) < 4.78 is 22.5. The molecule has 0 aliphatic carbocycles. The Morgan fingerprint density at radius 3 is 2.81 bits per heavy atom. The van der Waals surface area contributed by atoms with Crippen molar-refractivity contribution in [2.75, 3.05) is 6.61 Å². The van der Waals surface area contributed by atoms with Crippen LogP contribution in [0.15, 0.2) is 12.3 Å². The number of nitrogens with one attached hydrogen (secondary N) is 1. The van der Waals surface area contributed by atoms with E-state index in [1.807, 2.05) is 0 Å². The minimum atomic E-state index is -0.953. The molecule has 2 heterocycles. The fourth-order valence-corrected chi connectivity index (χ4v) is 2.50. The number of amides is 1. The first-order valence-electron chi connectivity index (χ1n) is 7.03. The zero-order valence-electron chi connectivity index (χ0n) is 12.7. The van der Waals surface area contributed by atoms with Crippen molar-refractivity contribution in [2.24, 2.45) is 0 Å². The molecule has 0 aromatic carbocycles. The lowest BCUT2D eigenvalue weighted by atomic mass is 9.95. The topological polar surface area (TPSA) is 86.2 Å². The first kappa shape index (κ1) is 16.2. The van der Waals surface area contributed by atoms with Crippen LogP contribution in [-0.4, -0.2) is 54.1 Å². The van der Waals surface area contributed by atoms with Crippen molar-refractivity contribution in [2.45, 2.75) is 64.1 Å². The van der Waals surface area contributed by atoms with Crippen LogP contribution in [0.3, 0.4) is 0 Å². The molecule has 2 saturated heterocycles. The third kappa shape index (κ3) is 3.74. The van der Waals surface area contributed by atoms with Gasteiger partial charge in [-0.15, -0.1) is 0 Å². The van der Waals surface area contributed by atoms with Crippen LogP contribution < -0.4 is 5.32 Å². The van der Waals surface area contributed by atoms with E-state index in [0.717, 1.165) is 0 Å². The van der Waals surface area contributed by atoms with E-state index >= 15 is 0 Å². The molecule has 5 atom stereocenters.